The Morgan fingerprint density at radius 2 is 1.78 bits per heavy atom. The van der Waals surface area contributed by atoms with Crippen LogP contribution in [-0.2, 0) is 16.1 Å². The van der Waals surface area contributed by atoms with Crippen molar-refractivity contribution in [2.75, 3.05) is 12.4 Å². The Bertz CT molecular complexity index is 997. The highest BCUT2D eigenvalue weighted by atomic mass is 16.5. The van der Waals surface area contributed by atoms with E-state index in [4.69, 9.17) is 9.47 Å². The highest BCUT2D eigenvalue weighted by molar-refractivity contribution is 5.98. The molecule has 0 saturated heterocycles. The Labute approximate surface area is 157 Å². The molecule has 27 heavy (non-hydrogen) atoms. The first kappa shape index (κ1) is 18.4. The number of methoxy groups -OCH3 is 1. The molecule has 2 aromatic carbocycles. The summed E-state index contributed by atoms with van der Waals surface area (Å²) in [5.41, 5.74) is 3.23. The lowest BCUT2D eigenvalue weighted by molar-refractivity contribution is -0.114. The molecule has 1 N–H and O–H groups in total. The number of pyridine rings is 1. The van der Waals surface area contributed by atoms with E-state index in [2.05, 4.69) is 10.3 Å². The maximum atomic E-state index is 12.3. The highest BCUT2D eigenvalue weighted by Crippen LogP contribution is 2.25. The molecule has 1 aromatic heterocycles. The van der Waals surface area contributed by atoms with E-state index in [1.165, 1.54) is 14.0 Å². The van der Waals surface area contributed by atoms with Gasteiger partial charge in [-0.15, -0.1) is 0 Å². The van der Waals surface area contributed by atoms with Crippen LogP contribution in [0.2, 0.25) is 0 Å². The zero-order chi connectivity index (χ0) is 19.4. The second kappa shape index (κ2) is 7.86. The summed E-state index contributed by atoms with van der Waals surface area (Å²) in [6.45, 7) is 3.45. The number of carbonyl (C=O) groups is 2. The van der Waals surface area contributed by atoms with E-state index in [1.807, 2.05) is 31.2 Å². The minimum absolute atomic E-state index is 0.121. The van der Waals surface area contributed by atoms with Gasteiger partial charge < -0.3 is 14.8 Å². The number of benzene rings is 2. The number of hydrogen-bond donors (Lipinski definition) is 1. The van der Waals surface area contributed by atoms with Gasteiger partial charge in [-0.05, 0) is 42.8 Å². The maximum absolute atomic E-state index is 12.3. The fourth-order valence-electron chi connectivity index (χ4n) is 2.91. The van der Waals surface area contributed by atoms with Gasteiger partial charge in [0.1, 0.15) is 12.4 Å². The van der Waals surface area contributed by atoms with Gasteiger partial charge in [0.15, 0.2) is 0 Å². The second-order valence-electron chi connectivity index (χ2n) is 6.06. The SMILES string of the molecule is COC(=O)c1c(COc2ccc(NC(C)=O)cc2)nc2ccccc2c1C. The summed E-state index contributed by atoms with van der Waals surface area (Å²) < 4.78 is 10.7. The van der Waals surface area contributed by atoms with Crippen LogP contribution >= 0.6 is 0 Å². The summed E-state index contributed by atoms with van der Waals surface area (Å²) in [6, 6.07) is 14.6. The van der Waals surface area contributed by atoms with E-state index in [1.54, 1.807) is 24.3 Å². The quantitative estimate of drug-likeness (QED) is 0.696. The standard InChI is InChI=1S/C21H20N2O4/c1-13-17-6-4-5-7-18(17)23-19(20(13)21(25)26-3)12-27-16-10-8-15(9-11-16)22-14(2)24/h4-11H,12H2,1-3H3,(H,22,24). The topological polar surface area (TPSA) is 77.5 Å². The predicted octanol–water partition coefficient (Wildman–Crippen LogP) is 3.87. The molecule has 0 spiro atoms. The Morgan fingerprint density at radius 3 is 2.44 bits per heavy atom. The van der Waals surface area contributed by atoms with Crippen LogP contribution in [0.1, 0.15) is 28.5 Å². The van der Waals surface area contributed by atoms with E-state index in [9.17, 15) is 9.59 Å². The molecule has 1 heterocycles. The van der Waals surface area contributed by atoms with E-state index >= 15 is 0 Å². The molecule has 3 aromatic rings. The molecule has 1 amide bonds. The predicted molar refractivity (Wildman–Crippen MR) is 103 cm³/mol. The third kappa shape index (κ3) is 4.06. The Morgan fingerprint density at radius 1 is 1.07 bits per heavy atom. The summed E-state index contributed by atoms with van der Waals surface area (Å²) in [5.74, 6) is 0.0279. The lowest BCUT2D eigenvalue weighted by atomic mass is 10.0. The smallest absolute Gasteiger partial charge is 0.340 e. The maximum Gasteiger partial charge on any atom is 0.340 e. The van der Waals surface area contributed by atoms with Gasteiger partial charge >= 0.3 is 5.97 Å². The van der Waals surface area contributed by atoms with Crippen molar-refractivity contribution in [2.45, 2.75) is 20.5 Å². The number of ether oxygens (including phenoxy) is 2. The van der Waals surface area contributed by atoms with Gasteiger partial charge in [-0.2, -0.15) is 0 Å². The zero-order valence-electron chi connectivity index (χ0n) is 15.4. The number of carbonyl (C=O) groups excluding carboxylic acids is 2. The van der Waals surface area contributed by atoms with E-state index in [0.717, 1.165) is 16.5 Å². The first-order valence-corrected chi connectivity index (χ1v) is 8.46. The van der Waals surface area contributed by atoms with Gasteiger partial charge in [0.05, 0.1) is 23.9 Å². The number of esters is 1. The fourth-order valence-corrected chi connectivity index (χ4v) is 2.91. The molecule has 0 saturated carbocycles. The lowest BCUT2D eigenvalue weighted by Crippen LogP contribution is -2.13. The normalized spacial score (nSPS) is 10.5. The number of rotatable bonds is 5. The first-order valence-electron chi connectivity index (χ1n) is 8.46. The molecule has 0 aliphatic carbocycles. The van der Waals surface area contributed by atoms with Gasteiger partial charge in [-0.1, -0.05) is 18.2 Å². The van der Waals surface area contributed by atoms with E-state index < -0.39 is 5.97 Å². The molecule has 6 heteroatoms. The van der Waals surface area contributed by atoms with Crippen molar-refractivity contribution >= 4 is 28.5 Å². The molecule has 6 nitrogen and oxygen atoms in total. The zero-order valence-corrected chi connectivity index (χ0v) is 15.4. The Kier molecular flexibility index (Phi) is 5.35. The molecule has 0 unspecified atom stereocenters. The van der Waals surface area contributed by atoms with Crippen LogP contribution in [-0.4, -0.2) is 24.0 Å². The number of nitrogens with zero attached hydrogens (tertiary/aromatic N) is 1. The number of amides is 1. The van der Waals surface area contributed by atoms with Crippen LogP contribution in [0.3, 0.4) is 0 Å². The van der Waals surface area contributed by atoms with Crippen molar-refractivity contribution in [3.63, 3.8) is 0 Å². The molecule has 0 bridgehead atoms. The Hall–Kier alpha value is -3.41. The van der Waals surface area contributed by atoms with Crippen molar-refractivity contribution in [1.29, 1.82) is 0 Å². The number of fused-ring (bicyclic) bond motifs is 1. The van der Waals surface area contributed by atoms with Crippen molar-refractivity contribution in [3.8, 4) is 5.75 Å². The summed E-state index contributed by atoms with van der Waals surface area (Å²) in [5, 5.41) is 3.60. The first-order chi connectivity index (χ1) is 13.0. The van der Waals surface area contributed by atoms with Crippen LogP contribution < -0.4 is 10.1 Å². The van der Waals surface area contributed by atoms with Gasteiger partial charge in [0.25, 0.3) is 0 Å². The van der Waals surface area contributed by atoms with Crippen LogP contribution in [0.25, 0.3) is 10.9 Å². The molecule has 0 fully saturated rings. The highest BCUT2D eigenvalue weighted by Gasteiger charge is 2.19. The molecule has 0 aliphatic heterocycles. The van der Waals surface area contributed by atoms with Crippen molar-refractivity contribution in [2.24, 2.45) is 0 Å². The number of nitrogens with one attached hydrogen (secondary N) is 1. The molecular formula is C21H20N2O4. The van der Waals surface area contributed by atoms with Crippen LogP contribution in [0.4, 0.5) is 5.69 Å². The van der Waals surface area contributed by atoms with Gasteiger partial charge in [0, 0.05) is 18.0 Å². The largest absolute Gasteiger partial charge is 0.487 e. The minimum Gasteiger partial charge on any atom is -0.487 e. The molecule has 0 aliphatic rings. The van der Waals surface area contributed by atoms with Crippen molar-refractivity contribution in [1.82, 2.24) is 4.98 Å². The van der Waals surface area contributed by atoms with Crippen LogP contribution in [0, 0.1) is 6.92 Å². The second-order valence-corrected chi connectivity index (χ2v) is 6.06. The number of para-hydroxylation sites is 1. The van der Waals surface area contributed by atoms with Crippen molar-refractivity contribution in [3.05, 3.63) is 65.4 Å². The average molecular weight is 364 g/mol. The minimum atomic E-state index is -0.439. The summed E-state index contributed by atoms with van der Waals surface area (Å²) >= 11 is 0. The molecular weight excluding hydrogens is 344 g/mol. The van der Waals surface area contributed by atoms with Gasteiger partial charge in [0.2, 0.25) is 5.91 Å². The molecule has 0 atom stereocenters. The lowest BCUT2D eigenvalue weighted by Gasteiger charge is -2.14. The van der Waals surface area contributed by atoms with Gasteiger partial charge in [-0.3, -0.25) is 4.79 Å². The van der Waals surface area contributed by atoms with Crippen LogP contribution in [0.5, 0.6) is 5.75 Å². The summed E-state index contributed by atoms with van der Waals surface area (Å²) in [7, 11) is 1.35. The third-order valence-corrected chi connectivity index (χ3v) is 4.17. The average Bonchev–Trinajstić information content (AvgIpc) is 2.66. The summed E-state index contributed by atoms with van der Waals surface area (Å²) in [4.78, 5) is 28.0. The van der Waals surface area contributed by atoms with Crippen LogP contribution in [0.15, 0.2) is 48.5 Å². The van der Waals surface area contributed by atoms with Crippen molar-refractivity contribution < 1.29 is 19.1 Å². The number of hydrogen-bond acceptors (Lipinski definition) is 5. The fraction of sp³-hybridized carbons (Fsp3) is 0.190. The molecule has 3 rings (SSSR count). The van der Waals surface area contributed by atoms with Gasteiger partial charge in [-0.25, -0.2) is 9.78 Å². The van der Waals surface area contributed by atoms with E-state index in [-0.39, 0.29) is 12.5 Å². The van der Waals surface area contributed by atoms with E-state index in [0.29, 0.717) is 22.7 Å². The summed E-state index contributed by atoms with van der Waals surface area (Å²) in [6.07, 6.45) is 0. The number of aryl methyl sites for hydroxylation is 1. The third-order valence-electron chi connectivity index (χ3n) is 4.17. The Balaban J connectivity index is 1.89. The monoisotopic (exact) mass is 364 g/mol. The number of anilines is 1. The number of aromatic nitrogens is 1. The molecule has 0 radical (unpaired) electrons. The molecule has 138 valence electrons.